The van der Waals surface area contributed by atoms with Crippen molar-refractivity contribution in [3.63, 3.8) is 0 Å². The first-order chi connectivity index (χ1) is 8.09. The fourth-order valence-corrected chi connectivity index (χ4v) is 3.18. The average molecular weight is 267 g/mol. The van der Waals surface area contributed by atoms with Gasteiger partial charge in [0.25, 0.3) is 0 Å². The lowest BCUT2D eigenvalue weighted by atomic mass is 9.63. The van der Waals surface area contributed by atoms with Crippen LogP contribution in [0.1, 0.15) is 38.2 Å². The van der Waals surface area contributed by atoms with Crippen LogP contribution in [-0.4, -0.2) is 5.54 Å². The van der Waals surface area contributed by atoms with Gasteiger partial charge in [-0.15, -0.1) is 0 Å². The Labute approximate surface area is 114 Å². The molecule has 0 fully saturated rings. The summed E-state index contributed by atoms with van der Waals surface area (Å²) in [4.78, 5) is 0. The molecule has 0 radical (unpaired) electrons. The molecule has 1 aliphatic rings. The van der Waals surface area contributed by atoms with Crippen molar-refractivity contribution in [2.75, 3.05) is 0 Å². The zero-order chi connectivity index (χ0) is 12.4. The first kappa shape index (κ1) is 13.0. The van der Waals surface area contributed by atoms with Gasteiger partial charge in [0.2, 0.25) is 0 Å². The molecule has 90 valence electrons. The van der Waals surface area contributed by atoms with E-state index in [4.69, 9.17) is 22.9 Å². The van der Waals surface area contributed by atoms with Crippen LogP contribution in [0, 0.1) is 0 Å². The van der Waals surface area contributed by atoms with Crippen molar-refractivity contribution in [2.24, 2.45) is 0 Å². The van der Waals surface area contributed by atoms with Gasteiger partial charge in [0.15, 0.2) is 0 Å². The summed E-state index contributed by atoms with van der Waals surface area (Å²) in [5.74, 6) is 0.796. The maximum Gasteiger partial charge on any atom is 0.355 e. The third-order valence-corrected chi connectivity index (χ3v) is 4.51. The van der Waals surface area contributed by atoms with Crippen LogP contribution >= 0.6 is 22.9 Å². The number of allylic oxidation sites excluding steroid dienone is 2. The molecule has 0 saturated heterocycles. The largest absolute Gasteiger partial charge is 0.355 e. The highest BCUT2D eigenvalue weighted by Crippen LogP contribution is 2.47. The number of halogens is 2. The van der Waals surface area contributed by atoms with Crippen molar-refractivity contribution in [3.05, 3.63) is 47.0 Å². The second-order valence-electron chi connectivity index (χ2n) is 4.98. The molecule has 0 saturated carbocycles. The van der Waals surface area contributed by atoms with E-state index in [-0.39, 0.29) is 5.54 Å². The van der Waals surface area contributed by atoms with Gasteiger partial charge in [0.05, 0.1) is 0 Å². The Hall–Kier alpha value is -0.395. The van der Waals surface area contributed by atoms with Crippen molar-refractivity contribution in [1.82, 2.24) is 0 Å². The predicted octanol–water partition coefficient (Wildman–Crippen LogP) is 5.24. The summed E-state index contributed by atoms with van der Waals surface area (Å²) in [5.41, 5.74) is 4.01. The van der Waals surface area contributed by atoms with E-state index in [1.54, 1.807) is 0 Å². The zero-order valence-electron chi connectivity index (χ0n) is 10.3. The van der Waals surface area contributed by atoms with Gasteiger partial charge in [-0.3, -0.25) is 0 Å². The summed E-state index contributed by atoms with van der Waals surface area (Å²) in [7, 11) is 0. The van der Waals surface area contributed by atoms with Crippen LogP contribution in [0.25, 0.3) is 0 Å². The Kier molecular flexibility index (Phi) is 4.22. The Morgan fingerprint density at radius 1 is 1.00 bits per heavy atom. The fourth-order valence-electron chi connectivity index (χ4n) is 2.66. The van der Waals surface area contributed by atoms with Crippen LogP contribution in [0.4, 0.5) is 0 Å². The van der Waals surface area contributed by atoms with Crippen LogP contribution in [-0.2, 0) is 0 Å². The van der Waals surface area contributed by atoms with Gasteiger partial charge < -0.3 is 0 Å². The molecule has 2 rings (SSSR count). The van der Waals surface area contributed by atoms with Gasteiger partial charge in [-0.1, -0.05) is 41.5 Å². The van der Waals surface area contributed by atoms with Crippen molar-refractivity contribution in [2.45, 2.75) is 38.4 Å². The summed E-state index contributed by atoms with van der Waals surface area (Å²) in [5, 5.41) is 0. The fraction of sp³-hybridized carbons (Fsp3) is 0.429. The minimum Gasteiger partial charge on any atom is -0.171 e. The van der Waals surface area contributed by atoms with Gasteiger partial charge in [0, 0.05) is 0 Å². The van der Waals surface area contributed by atoms with Gasteiger partial charge in [-0.05, 0) is 44.0 Å². The molecule has 1 aromatic carbocycles. The predicted molar refractivity (Wildman–Crippen MR) is 78.0 cm³/mol. The molecule has 1 aromatic rings. The molecular formula is C14H17BCl2. The third-order valence-electron chi connectivity index (χ3n) is 3.86. The Morgan fingerprint density at radius 2 is 1.59 bits per heavy atom. The SMILES string of the molecule is CC1=C(C)C[C@@H](c2ccccc2)[C@H](B(Cl)Cl)C1. The highest BCUT2D eigenvalue weighted by Gasteiger charge is 2.34. The quantitative estimate of drug-likeness (QED) is 0.508. The summed E-state index contributed by atoms with van der Waals surface area (Å²) in [6.45, 7) is 4.42. The van der Waals surface area contributed by atoms with E-state index in [0.29, 0.717) is 11.7 Å². The number of hydrogen-bond acceptors (Lipinski definition) is 0. The number of rotatable bonds is 2. The van der Waals surface area contributed by atoms with Crippen molar-refractivity contribution in [3.8, 4) is 0 Å². The summed E-state index contributed by atoms with van der Waals surface area (Å²) >= 11 is 12.3. The van der Waals surface area contributed by atoms with Crippen LogP contribution in [0.3, 0.4) is 0 Å². The summed E-state index contributed by atoms with van der Waals surface area (Å²) in [6, 6.07) is 10.6. The Balaban J connectivity index is 2.31. The lowest BCUT2D eigenvalue weighted by Crippen LogP contribution is -2.21. The molecule has 0 spiro atoms. The maximum absolute atomic E-state index is 6.16. The lowest BCUT2D eigenvalue weighted by Gasteiger charge is -2.33. The van der Waals surface area contributed by atoms with Gasteiger partial charge in [-0.2, -0.15) is 22.9 Å². The summed E-state index contributed by atoms with van der Waals surface area (Å²) < 4.78 is 0. The van der Waals surface area contributed by atoms with E-state index < -0.39 is 0 Å². The van der Waals surface area contributed by atoms with Crippen LogP contribution in [0.5, 0.6) is 0 Å². The van der Waals surface area contributed by atoms with Crippen LogP contribution < -0.4 is 0 Å². The smallest absolute Gasteiger partial charge is 0.171 e. The standard InChI is InChI=1S/C14H17BCl2/c1-10-8-13(12-6-4-3-5-7-12)14(15(16)17)9-11(10)2/h3-7,13-14H,8-9H2,1-2H3/t13-,14+/m0/s1. The normalized spacial score (nSPS) is 24.9. The minimum absolute atomic E-state index is 0.289. The summed E-state index contributed by atoms with van der Waals surface area (Å²) in [6.07, 6.45) is 2.10. The minimum atomic E-state index is -0.289. The second-order valence-corrected chi connectivity index (χ2v) is 6.15. The van der Waals surface area contributed by atoms with E-state index >= 15 is 0 Å². The number of hydrogen-bond donors (Lipinski definition) is 0. The van der Waals surface area contributed by atoms with E-state index in [1.807, 2.05) is 6.07 Å². The van der Waals surface area contributed by atoms with Gasteiger partial charge >= 0.3 is 5.54 Å². The first-order valence-corrected chi connectivity index (χ1v) is 6.95. The van der Waals surface area contributed by atoms with E-state index in [1.165, 1.54) is 16.7 Å². The average Bonchev–Trinajstić information content (AvgIpc) is 2.33. The zero-order valence-corrected chi connectivity index (χ0v) is 11.8. The van der Waals surface area contributed by atoms with Crippen molar-refractivity contribution < 1.29 is 0 Å². The first-order valence-electron chi connectivity index (χ1n) is 6.08. The van der Waals surface area contributed by atoms with Crippen molar-refractivity contribution >= 4 is 28.5 Å². The Bertz CT molecular complexity index is 411. The lowest BCUT2D eigenvalue weighted by molar-refractivity contribution is 0.573. The van der Waals surface area contributed by atoms with Gasteiger partial charge in [0.1, 0.15) is 0 Å². The molecular weight excluding hydrogens is 250 g/mol. The van der Waals surface area contributed by atoms with Gasteiger partial charge in [-0.25, -0.2) is 0 Å². The number of benzene rings is 1. The van der Waals surface area contributed by atoms with E-state index in [2.05, 4.69) is 38.1 Å². The van der Waals surface area contributed by atoms with E-state index in [0.717, 1.165) is 12.8 Å². The monoisotopic (exact) mass is 266 g/mol. The van der Waals surface area contributed by atoms with Crippen LogP contribution in [0.15, 0.2) is 41.5 Å². The topological polar surface area (TPSA) is 0 Å². The highest BCUT2D eigenvalue weighted by molar-refractivity contribution is 7.34. The third kappa shape index (κ3) is 2.89. The molecule has 0 aliphatic heterocycles. The molecule has 17 heavy (non-hydrogen) atoms. The molecule has 2 atom stereocenters. The molecule has 0 amide bonds. The molecule has 1 aliphatic carbocycles. The molecule has 0 unspecified atom stereocenters. The molecule has 0 aromatic heterocycles. The van der Waals surface area contributed by atoms with Crippen molar-refractivity contribution in [1.29, 1.82) is 0 Å². The van der Waals surface area contributed by atoms with E-state index in [9.17, 15) is 0 Å². The molecule has 0 nitrogen and oxygen atoms in total. The maximum atomic E-state index is 6.16. The molecule has 0 bridgehead atoms. The second kappa shape index (κ2) is 5.50. The Morgan fingerprint density at radius 3 is 2.18 bits per heavy atom. The molecule has 0 N–H and O–H groups in total. The highest BCUT2D eigenvalue weighted by atomic mass is 35.5. The molecule has 3 heteroatoms. The molecule has 0 heterocycles. The van der Waals surface area contributed by atoms with Crippen LogP contribution in [0.2, 0.25) is 5.82 Å².